The molecule has 23 heavy (non-hydrogen) atoms. The van der Waals surface area contributed by atoms with Gasteiger partial charge in [-0.25, -0.2) is 0 Å². The number of aromatic hydroxyl groups is 1. The predicted molar refractivity (Wildman–Crippen MR) is 97.3 cm³/mol. The Hall–Kier alpha value is -2.16. The van der Waals surface area contributed by atoms with E-state index < -0.39 is 0 Å². The lowest BCUT2D eigenvalue weighted by atomic mass is 10.0. The second-order valence-corrected chi connectivity index (χ2v) is 6.02. The third kappa shape index (κ3) is 3.79. The highest BCUT2D eigenvalue weighted by Gasteiger charge is 2.06. The van der Waals surface area contributed by atoms with Crippen molar-refractivity contribution in [1.82, 2.24) is 0 Å². The van der Waals surface area contributed by atoms with E-state index in [1.54, 1.807) is 12.1 Å². The topological polar surface area (TPSA) is 32.3 Å². The Morgan fingerprint density at radius 1 is 0.783 bits per heavy atom. The number of hydrogen-bond donors (Lipinski definition) is 2. The second-order valence-electron chi connectivity index (χ2n) is 5.21. The lowest BCUT2D eigenvalue weighted by Gasteiger charge is -2.10. The molecule has 0 atom stereocenters. The zero-order chi connectivity index (χ0) is 16.2. The van der Waals surface area contributed by atoms with E-state index in [-0.39, 0.29) is 15.8 Å². The highest BCUT2D eigenvalue weighted by atomic mass is 35.5. The lowest BCUT2D eigenvalue weighted by Crippen LogP contribution is -1.99. The summed E-state index contributed by atoms with van der Waals surface area (Å²) in [5.41, 5.74) is 4.30. The second kappa shape index (κ2) is 6.95. The van der Waals surface area contributed by atoms with Crippen molar-refractivity contribution in [2.45, 2.75) is 6.54 Å². The van der Waals surface area contributed by atoms with E-state index in [4.69, 9.17) is 23.2 Å². The molecule has 0 radical (unpaired) electrons. The number of rotatable bonds is 4. The van der Waals surface area contributed by atoms with Crippen molar-refractivity contribution in [2.24, 2.45) is 0 Å². The van der Waals surface area contributed by atoms with Crippen LogP contribution in [-0.2, 0) is 6.54 Å². The van der Waals surface area contributed by atoms with Gasteiger partial charge in [0, 0.05) is 12.2 Å². The van der Waals surface area contributed by atoms with Crippen molar-refractivity contribution < 1.29 is 5.11 Å². The molecule has 3 rings (SSSR count). The minimum atomic E-state index is -0.0916. The van der Waals surface area contributed by atoms with Crippen molar-refractivity contribution in [3.63, 3.8) is 0 Å². The number of benzene rings is 3. The van der Waals surface area contributed by atoms with Gasteiger partial charge in [0.15, 0.2) is 5.75 Å². The predicted octanol–water partition coefficient (Wildman–Crippen LogP) is 5.98. The first kappa shape index (κ1) is 15.7. The molecule has 0 aliphatic heterocycles. The molecule has 116 valence electrons. The van der Waals surface area contributed by atoms with Crippen molar-refractivity contribution >= 4 is 28.9 Å². The highest BCUT2D eigenvalue weighted by molar-refractivity contribution is 6.37. The van der Waals surface area contributed by atoms with E-state index in [9.17, 15) is 5.11 Å². The maximum Gasteiger partial charge on any atom is 0.152 e. The molecule has 0 fully saturated rings. The fourth-order valence-corrected chi connectivity index (χ4v) is 2.80. The number of phenols is 1. The summed E-state index contributed by atoms with van der Waals surface area (Å²) in [4.78, 5) is 0. The molecule has 0 amide bonds. The number of hydrogen-bond acceptors (Lipinski definition) is 2. The van der Waals surface area contributed by atoms with Crippen LogP contribution < -0.4 is 5.32 Å². The molecule has 0 heterocycles. The molecule has 0 spiro atoms. The van der Waals surface area contributed by atoms with E-state index in [1.807, 2.05) is 18.2 Å². The Morgan fingerprint density at radius 3 is 1.96 bits per heavy atom. The Labute approximate surface area is 145 Å². The summed E-state index contributed by atoms with van der Waals surface area (Å²) in [6.45, 7) is 0.645. The first-order chi connectivity index (χ1) is 11.1. The standard InChI is InChI=1S/C19H15Cl2NO/c20-17-10-16(11-18(21)19(17)23)22-12-13-6-8-15(9-7-13)14-4-2-1-3-5-14/h1-11,22-23H,12H2. The maximum absolute atomic E-state index is 9.56. The maximum atomic E-state index is 9.56. The molecular formula is C19H15Cl2NO. The van der Waals surface area contributed by atoms with Gasteiger partial charge >= 0.3 is 0 Å². The van der Waals surface area contributed by atoms with E-state index in [0.717, 1.165) is 11.3 Å². The summed E-state index contributed by atoms with van der Waals surface area (Å²) in [5, 5.41) is 13.3. The fourth-order valence-electron chi connectivity index (χ4n) is 2.32. The largest absolute Gasteiger partial charge is 0.505 e. The lowest BCUT2D eigenvalue weighted by molar-refractivity contribution is 0.476. The van der Waals surface area contributed by atoms with Gasteiger partial charge in [0.2, 0.25) is 0 Å². The molecule has 0 saturated heterocycles. The van der Waals surface area contributed by atoms with Crippen LogP contribution in [0.5, 0.6) is 5.75 Å². The Kier molecular flexibility index (Phi) is 4.75. The van der Waals surface area contributed by atoms with Crippen LogP contribution >= 0.6 is 23.2 Å². The Bertz CT molecular complexity index is 778. The molecule has 0 aliphatic carbocycles. The minimum absolute atomic E-state index is 0.0916. The third-order valence-corrected chi connectivity index (χ3v) is 4.15. The smallest absolute Gasteiger partial charge is 0.152 e. The average molecular weight is 344 g/mol. The monoisotopic (exact) mass is 343 g/mol. The summed E-state index contributed by atoms with van der Waals surface area (Å²) < 4.78 is 0. The molecule has 0 aromatic heterocycles. The zero-order valence-corrected chi connectivity index (χ0v) is 13.8. The number of phenolic OH excluding ortho intramolecular Hbond substituents is 1. The summed E-state index contributed by atoms with van der Waals surface area (Å²) in [5.74, 6) is -0.0916. The van der Waals surface area contributed by atoms with Crippen LogP contribution in [-0.4, -0.2) is 5.11 Å². The number of halogens is 2. The molecule has 4 heteroatoms. The van der Waals surface area contributed by atoms with Gasteiger partial charge in [-0.2, -0.15) is 0 Å². The summed E-state index contributed by atoms with van der Waals surface area (Å²) >= 11 is 11.8. The first-order valence-electron chi connectivity index (χ1n) is 7.20. The van der Waals surface area contributed by atoms with Crippen LogP contribution in [0, 0.1) is 0 Å². The van der Waals surface area contributed by atoms with E-state index >= 15 is 0 Å². The molecule has 2 N–H and O–H groups in total. The van der Waals surface area contributed by atoms with Crippen LogP contribution in [0.1, 0.15) is 5.56 Å². The molecule has 0 unspecified atom stereocenters. The van der Waals surface area contributed by atoms with Gasteiger partial charge in [0.1, 0.15) is 0 Å². The molecule has 3 aromatic rings. The van der Waals surface area contributed by atoms with Crippen LogP contribution in [0.4, 0.5) is 5.69 Å². The summed E-state index contributed by atoms with van der Waals surface area (Å²) in [6, 6.07) is 21.9. The van der Waals surface area contributed by atoms with Gasteiger partial charge in [0.25, 0.3) is 0 Å². The van der Waals surface area contributed by atoms with Gasteiger partial charge in [0.05, 0.1) is 10.0 Å². The molecule has 0 bridgehead atoms. The van der Waals surface area contributed by atoms with Crippen LogP contribution in [0.2, 0.25) is 10.0 Å². The van der Waals surface area contributed by atoms with Crippen LogP contribution in [0.25, 0.3) is 11.1 Å². The van der Waals surface area contributed by atoms with Crippen molar-refractivity contribution in [1.29, 1.82) is 0 Å². The van der Waals surface area contributed by atoms with Gasteiger partial charge < -0.3 is 10.4 Å². The van der Waals surface area contributed by atoms with Crippen molar-refractivity contribution in [3.8, 4) is 16.9 Å². The van der Waals surface area contributed by atoms with E-state index in [2.05, 4.69) is 41.7 Å². The fraction of sp³-hybridized carbons (Fsp3) is 0.0526. The number of nitrogens with one attached hydrogen (secondary N) is 1. The van der Waals surface area contributed by atoms with Gasteiger partial charge in [-0.1, -0.05) is 77.8 Å². The molecule has 0 saturated carbocycles. The Balaban J connectivity index is 1.70. The van der Waals surface area contributed by atoms with Gasteiger partial charge in [-0.15, -0.1) is 0 Å². The summed E-state index contributed by atoms with van der Waals surface area (Å²) in [7, 11) is 0. The van der Waals surface area contributed by atoms with E-state index in [0.29, 0.717) is 6.54 Å². The van der Waals surface area contributed by atoms with Crippen LogP contribution in [0.15, 0.2) is 66.7 Å². The normalized spacial score (nSPS) is 10.5. The Morgan fingerprint density at radius 2 is 1.35 bits per heavy atom. The van der Waals surface area contributed by atoms with Gasteiger partial charge in [-0.05, 0) is 28.8 Å². The quantitative estimate of drug-likeness (QED) is 0.571. The molecular weight excluding hydrogens is 329 g/mol. The highest BCUT2D eigenvalue weighted by Crippen LogP contribution is 2.34. The van der Waals surface area contributed by atoms with E-state index in [1.165, 1.54) is 11.1 Å². The number of anilines is 1. The molecule has 2 nitrogen and oxygen atoms in total. The van der Waals surface area contributed by atoms with Crippen molar-refractivity contribution in [3.05, 3.63) is 82.3 Å². The third-order valence-electron chi connectivity index (χ3n) is 3.57. The van der Waals surface area contributed by atoms with Crippen molar-refractivity contribution in [2.75, 3.05) is 5.32 Å². The zero-order valence-electron chi connectivity index (χ0n) is 12.3. The molecule has 3 aromatic carbocycles. The average Bonchev–Trinajstić information content (AvgIpc) is 2.59. The van der Waals surface area contributed by atoms with Crippen LogP contribution in [0.3, 0.4) is 0 Å². The minimum Gasteiger partial charge on any atom is -0.505 e. The summed E-state index contributed by atoms with van der Waals surface area (Å²) in [6.07, 6.45) is 0. The SMILES string of the molecule is Oc1c(Cl)cc(NCc2ccc(-c3ccccc3)cc2)cc1Cl. The first-order valence-corrected chi connectivity index (χ1v) is 7.95. The van der Waals surface area contributed by atoms with Gasteiger partial charge in [-0.3, -0.25) is 0 Å². The molecule has 0 aliphatic rings.